The third-order valence-electron chi connectivity index (χ3n) is 5.85. The van der Waals surface area contributed by atoms with Crippen LogP contribution in [0.25, 0.3) is 0 Å². The Morgan fingerprint density at radius 1 is 1.19 bits per heavy atom. The molecule has 0 bridgehead atoms. The predicted octanol–water partition coefficient (Wildman–Crippen LogP) is 0.372. The summed E-state index contributed by atoms with van der Waals surface area (Å²) >= 11 is 5.31. The van der Waals surface area contributed by atoms with E-state index < -0.39 is 18.5 Å². The lowest BCUT2D eigenvalue weighted by Crippen LogP contribution is -2.49. The third kappa shape index (κ3) is 4.67. The Morgan fingerprint density at radius 2 is 1.94 bits per heavy atom. The van der Waals surface area contributed by atoms with Gasteiger partial charge in [0.1, 0.15) is 18.5 Å². The van der Waals surface area contributed by atoms with E-state index in [9.17, 15) is 14.0 Å². The van der Waals surface area contributed by atoms with Gasteiger partial charge >= 0.3 is 6.09 Å². The summed E-state index contributed by atoms with van der Waals surface area (Å²) in [6.07, 6.45) is 0.253. The molecule has 4 rings (SSSR count). The van der Waals surface area contributed by atoms with Gasteiger partial charge in [0, 0.05) is 39.3 Å². The number of benzene rings is 1. The van der Waals surface area contributed by atoms with Gasteiger partial charge in [0.05, 0.1) is 24.5 Å². The van der Waals surface area contributed by atoms with Gasteiger partial charge in [-0.15, -0.1) is 0 Å². The van der Waals surface area contributed by atoms with Crippen LogP contribution in [0.15, 0.2) is 18.2 Å². The number of hydrogen-bond donors (Lipinski definition) is 2. The first kappa shape index (κ1) is 21.6. The first-order valence-corrected chi connectivity index (χ1v) is 10.8. The van der Waals surface area contributed by atoms with Crippen molar-refractivity contribution >= 4 is 40.7 Å². The lowest BCUT2D eigenvalue weighted by Gasteiger charge is -2.36. The molecule has 0 saturated carbocycles. The monoisotopic (exact) mass is 451 g/mol. The fourth-order valence-electron chi connectivity index (χ4n) is 3.89. The average molecular weight is 452 g/mol. The fraction of sp³-hybridized carbons (Fsp3) is 0.550. The van der Waals surface area contributed by atoms with Gasteiger partial charge in [0.25, 0.3) is 0 Å². The summed E-state index contributed by atoms with van der Waals surface area (Å²) in [7, 11) is 0. The molecule has 3 fully saturated rings. The topological polar surface area (TPSA) is 88.6 Å². The van der Waals surface area contributed by atoms with Gasteiger partial charge in [-0.1, -0.05) is 0 Å². The van der Waals surface area contributed by atoms with Crippen LogP contribution in [0.1, 0.15) is 6.42 Å². The molecule has 0 aromatic heterocycles. The number of piperazine rings is 1. The molecule has 0 spiro atoms. The Kier molecular flexibility index (Phi) is 6.42. The highest BCUT2D eigenvalue weighted by molar-refractivity contribution is 7.80. The van der Waals surface area contributed by atoms with E-state index in [0.717, 1.165) is 19.5 Å². The summed E-state index contributed by atoms with van der Waals surface area (Å²) < 4.78 is 20.2. The maximum absolute atomic E-state index is 14.8. The number of thiocarbonyl (C=S) groups is 1. The molecule has 168 valence electrons. The van der Waals surface area contributed by atoms with Crippen molar-refractivity contribution in [3.05, 3.63) is 24.0 Å². The number of cyclic esters (lactones) is 1. The zero-order valence-electron chi connectivity index (χ0n) is 17.1. The minimum Gasteiger partial charge on any atom is -0.442 e. The summed E-state index contributed by atoms with van der Waals surface area (Å²) in [5, 5.41) is 12.8. The fourth-order valence-corrected chi connectivity index (χ4v) is 4.15. The number of halogens is 1. The lowest BCUT2D eigenvalue weighted by molar-refractivity contribution is -0.134. The third-order valence-corrected chi connectivity index (χ3v) is 6.25. The smallest absolute Gasteiger partial charge is 0.414 e. The average Bonchev–Trinajstić information content (AvgIpc) is 3.11. The molecule has 3 heterocycles. The molecule has 2 amide bonds. The molecule has 3 saturated heterocycles. The SMILES string of the molecule is O=C(CO)N1CCN(c2ccc(N3C[C@H](CNC(=S)N4CCC4)OC3=O)cc2F)CC1. The molecule has 0 unspecified atom stereocenters. The number of hydrogen-bond acceptors (Lipinski definition) is 6. The number of nitrogens with one attached hydrogen (secondary N) is 1. The summed E-state index contributed by atoms with van der Waals surface area (Å²) in [5.41, 5.74) is 0.860. The van der Waals surface area contributed by atoms with Crippen LogP contribution in [0.3, 0.4) is 0 Å². The number of aliphatic hydroxyl groups excluding tert-OH is 1. The number of ether oxygens (including phenoxy) is 1. The second-order valence-corrected chi connectivity index (χ2v) is 8.19. The number of carbonyl (C=O) groups excluding carboxylic acids is 2. The van der Waals surface area contributed by atoms with E-state index in [-0.39, 0.29) is 12.0 Å². The first-order valence-electron chi connectivity index (χ1n) is 10.4. The van der Waals surface area contributed by atoms with Crippen LogP contribution in [-0.4, -0.2) is 97.1 Å². The zero-order chi connectivity index (χ0) is 22.0. The van der Waals surface area contributed by atoms with Crippen molar-refractivity contribution in [1.82, 2.24) is 15.1 Å². The van der Waals surface area contributed by atoms with Crippen molar-refractivity contribution in [3.63, 3.8) is 0 Å². The Bertz CT molecular complexity index is 860. The van der Waals surface area contributed by atoms with Crippen LogP contribution in [0.4, 0.5) is 20.6 Å². The van der Waals surface area contributed by atoms with Crippen LogP contribution in [0.5, 0.6) is 0 Å². The summed E-state index contributed by atoms with van der Waals surface area (Å²) in [4.78, 5) is 30.8. The minimum absolute atomic E-state index is 0.315. The van der Waals surface area contributed by atoms with Crippen LogP contribution in [-0.2, 0) is 9.53 Å². The lowest BCUT2D eigenvalue weighted by atomic mass is 10.2. The standard InChI is InChI=1S/C20H26FN5O4S/c21-16-10-14(2-3-17(16)23-6-8-24(9-7-23)18(28)13-27)26-12-15(30-20(26)29)11-22-19(31)25-4-1-5-25/h2-3,10,15,27H,1,4-9,11-13H2,(H,22,31)/t15-/m0/s1. The highest BCUT2D eigenvalue weighted by Gasteiger charge is 2.33. The molecule has 1 aromatic carbocycles. The van der Waals surface area contributed by atoms with E-state index in [1.165, 1.54) is 11.0 Å². The molecule has 3 aliphatic rings. The van der Waals surface area contributed by atoms with Crippen LogP contribution >= 0.6 is 12.2 Å². The Labute approximate surface area is 185 Å². The van der Waals surface area contributed by atoms with Crippen molar-refractivity contribution in [1.29, 1.82) is 0 Å². The van der Waals surface area contributed by atoms with Crippen LogP contribution in [0, 0.1) is 5.82 Å². The van der Waals surface area contributed by atoms with Crippen molar-refractivity contribution in [2.45, 2.75) is 12.5 Å². The molecule has 11 heteroatoms. The molecule has 0 aliphatic carbocycles. The molecule has 0 radical (unpaired) electrons. The molecule has 31 heavy (non-hydrogen) atoms. The number of aliphatic hydroxyl groups is 1. The highest BCUT2D eigenvalue weighted by atomic mass is 32.1. The van der Waals surface area contributed by atoms with Gasteiger partial charge in [-0.2, -0.15) is 0 Å². The summed E-state index contributed by atoms with van der Waals surface area (Å²) in [6, 6.07) is 4.68. The molecule has 9 nitrogen and oxygen atoms in total. The first-order chi connectivity index (χ1) is 15.0. The van der Waals surface area contributed by atoms with Crippen LogP contribution in [0.2, 0.25) is 0 Å². The molecule has 2 N–H and O–H groups in total. The molecule has 1 aromatic rings. The van der Waals surface area contributed by atoms with Gasteiger partial charge in [-0.3, -0.25) is 9.69 Å². The van der Waals surface area contributed by atoms with Crippen LogP contribution < -0.4 is 15.1 Å². The van der Waals surface area contributed by atoms with Gasteiger partial charge in [0.2, 0.25) is 5.91 Å². The van der Waals surface area contributed by atoms with Crippen molar-refractivity contribution in [2.24, 2.45) is 0 Å². The number of anilines is 2. The Morgan fingerprint density at radius 3 is 2.55 bits per heavy atom. The Hall–Kier alpha value is -2.66. The maximum atomic E-state index is 14.8. The van der Waals surface area contributed by atoms with Crippen molar-refractivity contribution in [3.8, 4) is 0 Å². The molecule has 3 aliphatic heterocycles. The van der Waals surface area contributed by atoms with E-state index in [2.05, 4.69) is 10.2 Å². The number of amides is 2. The zero-order valence-corrected chi connectivity index (χ0v) is 17.9. The van der Waals surface area contributed by atoms with Gasteiger partial charge in [-0.25, -0.2) is 9.18 Å². The van der Waals surface area contributed by atoms with E-state index in [4.69, 9.17) is 22.1 Å². The highest BCUT2D eigenvalue weighted by Crippen LogP contribution is 2.28. The quantitative estimate of drug-likeness (QED) is 0.621. The summed E-state index contributed by atoms with van der Waals surface area (Å²) in [6.45, 7) is 3.89. The molecule has 1 atom stereocenters. The molecular formula is C20H26FN5O4S. The van der Waals surface area contributed by atoms with Gasteiger partial charge < -0.3 is 29.9 Å². The number of nitrogens with zero attached hydrogens (tertiary/aromatic N) is 4. The molecular weight excluding hydrogens is 425 g/mol. The van der Waals surface area contributed by atoms with E-state index in [1.807, 2.05) is 4.90 Å². The number of likely N-dealkylation sites (tertiary alicyclic amines) is 1. The maximum Gasteiger partial charge on any atom is 0.414 e. The number of rotatable bonds is 5. The van der Waals surface area contributed by atoms with Gasteiger partial charge in [-0.05, 0) is 36.8 Å². The summed E-state index contributed by atoms with van der Waals surface area (Å²) in [5.74, 6) is -0.759. The Balaban J connectivity index is 1.34. The van der Waals surface area contributed by atoms with E-state index in [1.54, 1.807) is 17.0 Å². The van der Waals surface area contributed by atoms with Crippen molar-refractivity contribution in [2.75, 3.05) is 68.8 Å². The largest absolute Gasteiger partial charge is 0.442 e. The van der Waals surface area contributed by atoms with E-state index >= 15 is 0 Å². The minimum atomic E-state index is -0.518. The normalized spacial score (nSPS) is 21.1. The van der Waals surface area contributed by atoms with E-state index in [0.29, 0.717) is 55.8 Å². The van der Waals surface area contributed by atoms with Crippen molar-refractivity contribution < 1.29 is 23.8 Å². The second-order valence-electron chi connectivity index (χ2n) is 7.80. The van der Waals surface area contributed by atoms with Gasteiger partial charge in [0.15, 0.2) is 5.11 Å². The predicted molar refractivity (Wildman–Crippen MR) is 117 cm³/mol. The number of carbonyl (C=O) groups is 2. The second kappa shape index (κ2) is 9.23.